The molecule has 6 nitrogen and oxygen atoms in total. The van der Waals surface area contributed by atoms with Crippen molar-refractivity contribution in [1.29, 1.82) is 0 Å². The molecular weight excluding hydrogens is 563 g/mol. The number of sulfonamides is 2. The first-order valence-electron chi connectivity index (χ1n) is 12.1. The van der Waals surface area contributed by atoms with Crippen LogP contribution in [0, 0.1) is 23.7 Å². The van der Waals surface area contributed by atoms with Gasteiger partial charge in [-0.1, -0.05) is 59.6 Å². The van der Waals surface area contributed by atoms with E-state index in [0.717, 1.165) is 12.8 Å². The zero-order chi connectivity index (χ0) is 26.7. The summed E-state index contributed by atoms with van der Waals surface area (Å²) in [7, 11) is -8.10. The number of hydrogen-bond donors (Lipinski definition) is 0. The number of nitrogens with zero attached hydrogens (tertiary/aromatic N) is 2. The van der Waals surface area contributed by atoms with E-state index in [-0.39, 0.29) is 33.5 Å². The molecular formula is C28H22Cl2N2O4S2. The molecule has 0 heterocycles. The van der Waals surface area contributed by atoms with Crippen molar-refractivity contribution in [3.63, 3.8) is 0 Å². The molecule has 1 fully saturated rings. The first-order chi connectivity index (χ1) is 18.1. The van der Waals surface area contributed by atoms with Gasteiger partial charge in [-0.25, -0.2) is 0 Å². The highest BCUT2D eigenvalue weighted by molar-refractivity contribution is 7.90. The van der Waals surface area contributed by atoms with Gasteiger partial charge in [0.1, 0.15) is 0 Å². The second kappa shape index (κ2) is 9.45. The van der Waals surface area contributed by atoms with E-state index in [1.807, 2.05) is 0 Å². The van der Waals surface area contributed by atoms with Gasteiger partial charge in [-0.2, -0.15) is 25.6 Å². The Morgan fingerprint density at radius 1 is 0.579 bits per heavy atom. The molecule has 0 spiro atoms. The molecule has 38 heavy (non-hydrogen) atoms. The predicted molar refractivity (Wildman–Crippen MR) is 149 cm³/mol. The monoisotopic (exact) mass is 584 g/mol. The summed E-state index contributed by atoms with van der Waals surface area (Å²) in [4.78, 5) is 0.0921. The van der Waals surface area contributed by atoms with Crippen molar-refractivity contribution in [3.8, 4) is 0 Å². The van der Waals surface area contributed by atoms with E-state index in [0.29, 0.717) is 32.6 Å². The van der Waals surface area contributed by atoms with Crippen molar-refractivity contribution in [3.05, 3.63) is 106 Å². The first-order valence-corrected chi connectivity index (χ1v) is 15.8. The number of hydrogen-bond acceptors (Lipinski definition) is 4. The maximum absolute atomic E-state index is 13.4. The third-order valence-corrected chi connectivity index (χ3v) is 10.6. The molecule has 3 aromatic rings. The van der Waals surface area contributed by atoms with Crippen LogP contribution in [-0.4, -0.2) is 28.3 Å². The fourth-order valence-corrected chi connectivity index (χ4v) is 8.21. The highest BCUT2D eigenvalue weighted by Crippen LogP contribution is 2.51. The molecule has 0 aliphatic heterocycles. The van der Waals surface area contributed by atoms with Crippen molar-refractivity contribution in [1.82, 2.24) is 0 Å². The summed E-state index contributed by atoms with van der Waals surface area (Å²) in [6.45, 7) is 0. The zero-order valence-corrected chi connectivity index (χ0v) is 23.1. The maximum atomic E-state index is 13.4. The predicted octanol–water partition coefficient (Wildman–Crippen LogP) is 6.19. The van der Waals surface area contributed by atoms with E-state index in [1.54, 1.807) is 24.3 Å². The highest BCUT2D eigenvalue weighted by Gasteiger charge is 2.50. The van der Waals surface area contributed by atoms with Gasteiger partial charge in [-0.15, -0.1) is 0 Å². The van der Waals surface area contributed by atoms with Crippen LogP contribution in [0.4, 0.5) is 0 Å². The standard InChI is InChI=1S/C28H22Cl2N2O4S2/c29-19-9-13-21(14-10-19)37(33,34)31-27-23-3-1-2-4-24(23)28(26-18-7-5-17(6-8-18)25(26)27)32-38(35,36)22-15-11-20(30)12-16-22/h1-5,7,9-18,25-26H,6,8H2/t17-,18+,25-,26-/m1/s1. The van der Waals surface area contributed by atoms with Gasteiger partial charge in [0.05, 0.1) is 21.2 Å². The van der Waals surface area contributed by atoms with Crippen molar-refractivity contribution in [2.24, 2.45) is 32.5 Å². The van der Waals surface area contributed by atoms with Crippen molar-refractivity contribution < 1.29 is 16.8 Å². The average molecular weight is 586 g/mol. The Morgan fingerprint density at radius 2 is 0.947 bits per heavy atom. The van der Waals surface area contributed by atoms with Gasteiger partial charge < -0.3 is 0 Å². The fraction of sp³-hybridized carbons (Fsp3) is 0.214. The molecule has 0 amide bonds. The Kier molecular flexibility index (Phi) is 6.34. The molecule has 194 valence electrons. The summed E-state index contributed by atoms with van der Waals surface area (Å²) in [5.74, 6) is -0.619. The molecule has 10 heteroatoms. The van der Waals surface area contributed by atoms with Crippen molar-refractivity contribution in [2.45, 2.75) is 22.6 Å². The quantitative estimate of drug-likeness (QED) is 0.342. The van der Waals surface area contributed by atoms with Gasteiger partial charge in [-0.3, -0.25) is 0 Å². The van der Waals surface area contributed by atoms with E-state index in [1.165, 1.54) is 48.5 Å². The van der Waals surface area contributed by atoms with Crippen LogP contribution < -0.4 is 0 Å². The Hall–Kier alpha value is -2.78. The molecule has 1 saturated carbocycles. The number of allylic oxidation sites excluding steroid dienone is 2. The molecule has 2 bridgehead atoms. The second-order valence-corrected chi connectivity index (χ2v) is 13.8. The Morgan fingerprint density at radius 3 is 1.29 bits per heavy atom. The molecule has 0 unspecified atom stereocenters. The lowest BCUT2D eigenvalue weighted by Crippen LogP contribution is -2.49. The van der Waals surface area contributed by atoms with Gasteiger partial charge in [-0.05, 0) is 73.2 Å². The van der Waals surface area contributed by atoms with E-state index in [9.17, 15) is 16.8 Å². The second-order valence-electron chi connectivity index (χ2n) is 9.70. The summed E-state index contributed by atoms with van der Waals surface area (Å²) in [5, 5.41) is 0.856. The lowest BCUT2D eigenvalue weighted by atomic mass is 9.55. The fourth-order valence-electron chi connectivity index (χ4n) is 5.83. The van der Waals surface area contributed by atoms with E-state index in [4.69, 9.17) is 23.2 Å². The summed E-state index contributed by atoms with van der Waals surface area (Å²) < 4.78 is 62.6. The molecule has 3 aromatic carbocycles. The van der Waals surface area contributed by atoms with E-state index >= 15 is 0 Å². The van der Waals surface area contributed by atoms with Crippen molar-refractivity contribution >= 4 is 54.7 Å². The lowest BCUT2D eigenvalue weighted by Gasteiger charge is -2.48. The summed E-state index contributed by atoms with van der Waals surface area (Å²) >= 11 is 11.9. The summed E-state index contributed by atoms with van der Waals surface area (Å²) in [6.07, 6.45) is 5.95. The summed E-state index contributed by atoms with van der Waals surface area (Å²) in [5.41, 5.74) is 2.06. The SMILES string of the molecule is O=S(=O)(N=C1c2ccccc2C(=NS(=O)(=O)c2ccc(Cl)cc2)[C@H]2[C@H]1[C@@H]1C=C[C@H]2CC1)c1ccc(Cl)cc1. The van der Waals surface area contributed by atoms with Crippen LogP contribution in [0.2, 0.25) is 10.0 Å². The third-order valence-electron chi connectivity index (χ3n) is 7.52. The first kappa shape index (κ1) is 25.5. The van der Waals surface area contributed by atoms with Gasteiger partial charge in [0, 0.05) is 33.0 Å². The van der Waals surface area contributed by atoms with Gasteiger partial charge in [0.15, 0.2) is 0 Å². The van der Waals surface area contributed by atoms with Crippen LogP contribution in [0.5, 0.6) is 0 Å². The number of rotatable bonds is 4. The zero-order valence-electron chi connectivity index (χ0n) is 19.9. The smallest absolute Gasteiger partial charge is 0.199 e. The minimum atomic E-state index is -4.05. The Labute approximate surface area is 231 Å². The molecule has 7 rings (SSSR count). The van der Waals surface area contributed by atoms with Crippen molar-refractivity contribution in [2.75, 3.05) is 0 Å². The Balaban J connectivity index is 1.57. The molecule has 4 aliphatic carbocycles. The average Bonchev–Trinajstić information content (AvgIpc) is 2.91. The molecule has 4 atom stereocenters. The minimum absolute atomic E-state index is 0.0148. The maximum Gasteiger partial charge on any atom is 0.282 e. The Bertz CT molecular complexity index is 1600. The molecule has 0 N–H and O–H groups in total. The number of fused-ring (bicyclic) bond motifs is 2. The lowest BCUT2D eigenvalue weighted by molar-refractivity contribution is 0.226. The third kappa shape index (κ3) is 4.43. The van der Waals surface area contributed by atoms with Crippen LogP contribution in [0.15, 0.2) is 104 Å². The summed E-state index contributed by atoms with van der Waals surface area (Å²) in [6, 6.07) is 19.0. The van der Waals surface area contributed by atoms with Crippen LogP contribution in [0.1, 0.15) is 24.0 Å². The molecule has 0 saturated heterocycles. The number of benzene rings is 3. The largest absolute Gasteiger partial charge is 0.282 e. The van der Waals surface area contributed by atoms with Gasteiger partial charge >= 0.3 is 0 Å². The van der Waals surface area contributed by atoms with E-state index in [2.05, 4.69) is 20.9 Å². The van der Waals surface area contributed by atoms with Crippen LogP contribution >= 0.6 is 23.2 Å². The van der Waals surface area contributed by atoms with E-state index < -0.39 is 20.0 Å². The van der Waals surface area contributed by atoms with Crippen LogP contribution in [0.3, 0.4) is 0 Å². The van der Waals surface area contributed by atoms with Crippen LogP contribution in [-0.2, 0) is 20.0 Å². The molecule has 0 aromatic heterocycles. The molecule has 4 aliphatic rings. The minimum Gasteiger partial charge on any atom is -0.199 e. The van der Waals surface area contributed by atoms with Gasteiger partial charge in [0.2, 0.25) is 0 Å². The van der Waals surface area contributed by atoms with Gasteiger partial charge in [0.25, 0.3) is 20.0 Å². The number of halogens is 2. The van der Waals surface area contributed by atoms with Crippen LogP contribution in [0.25, 0.3) is 0 Å². The highest BCUT2D eigenvalue weighted by atomic mass is 35.5. The molecule has 0 radical (unpaired) electrons. The topological polar surface area (TPSA) is 93.0 Å². The normalized spacial score (nSPS) is 26.4.